The van der Waals surface area contributed by atoms with Crippen LogP contribution in [0.25, 0.3) is 0 Å². The van der Waals surface area contributed by atoms with Crippen molar-refractivity contribution in [3.05, 3.63) is 64.2 Å². The van der Waals surface area contributed by atoms with Gasteiger partial charge < -0.3 is 19.5 Å². The van der Waals surface area contributed by atoms with Gasteiger partial charge in [-0.05, 0) is 30.2 Å². The summed E-state index contributed by atoms with van der Waals surface area (Å²) in [4.78, 5) is 17.9. The van der Waals surface area contributed by atoms with Gasteiger partial charge in [0.25, 0.3) is 0 Å². The van der Waals surface area contributed by atoms with Crippen LogP contribution in [0.2, 0.25) is 0 Å². The third kappa shape index (κ3) is 5.26. The number of nitrogens with zero attached hydrogens (tertiary/aromatic N) is 1. The molecule has 29 heavy (non-hydrogen) atoms. The fraction of sp³-hybridized carbons (Fsp3) is 0.273. The summed E-state index contributed by atoms with van der Waals surface area (Å²) < 4.78 is 16.0. The summed E-state index contributed by atoms with van der Waals surface area (Å²) in [6, 6.07) is 11.9. The van der Waals surface area contributed by atoms with Crippen molar-refractivity contribution in [2.24, 2.45) is 0 Å². The quantitative estimate of drug-likeness (QED) is 0.599. The van der Waals surface area contributed by atoms with E-state index in [1.54, 1.807) is 33.5 Å². The van der Waals surface area contributed by atoms with Crippen molar-refractivity contribution in [1.82, 2.24) is 4.98 Å². The Morgan fingerprint density at radius 2 is 1.76 bits per heavy atom. The minimum Gasteiger partial charge on any atom is -0.493 e. The fourth-order valence-corrected chi connectivity index (χ4v) is 3.92. The summed E-state index contributed by atoms with van der Waals surface area (Å²) in [6.45, 7) is 2.07. The molecule has 3 aromatic rings. The number of benzene rings is 2. The van der Waals surface area contributed by atoms with E-state index in [0.717, 1.165) is 16.9 Å². The Bertz CT molecular complexity index is 975. The average Bonchev–Trinajstić information content (AvgIpc) is 3.13. The lowest BCUT2D eigenvalue weighted by Crippen LogP contribution is -2.14. The molecule has 3 rings (SSSR count). The van der Waals surface area contributed by atoms with Crippen molar-refractivity contribution in [3.63, 3.8) is 0 Å². The first-order valence-corrected chi connectivity index (χ1v) is 9.93. The number of carbonyl (C=O) groups is 1. The topological polar surface area (TPSA) is 69.7 Å². The number of hydrogen-bond acceptors (Lipinski definition) is 6. The van der Waals surface area contributed by atoms with Crippen molar-refractivity contribution in [1.29, 1.82) is 0 Å². The van der Waals surface area contributed by atoms with E-state index in [1.165, 1.54) is 22.5 Å². The molecule has 0 fully saturated rings. The molecule has 2 aromatic carbocycles. The van der Waals surface area contributed by atoms with E-state index < -0.39 is 0 Å². The number of methoxy groups -OCH3 is 3. The zero-order chi connectivity index (χ0) is 20.8. The predicted octanol–water partition coefficient (Wildman–Crippen LogP) is 4.25. The highest BCUT2D eigenvalue weighted by Crippen LogP contribution is 2.38. The number of aryl methyl sites for hydroxylation is 1. The number of ether oxygens (including phenoxy) is 3. The molecule has 6 nitrogen and oxygen atoms in total. The number of amides is 1. The number of aromatic nitrogens is 1. The Balaban J connectivity index is 1.66. The molecule has 0 aliphatic rings. The molecule has 0 atom stereocenters. The Kier molecular flexibility index (Phi) is 6.72. The van der Waals surface area contributed by atoms with Crippen LogP contribution in [0.3, 0.4) is 0 Å². The van der Waals surface area contributed by atoms with E-state index in [2.05, 4.69) is 35.4 Å². The lowest BCUT2D eigenvalue weighted by atomic mass is 10.1. The highest BCUT2D eigenvalue weighted by molar-refractivity contribution is 7.15. The van der Waals surface area contributed by atoms with Crippen LogP contribution in [0.15, 0.2) is 42.6 Å². The van der Waals surface area contributed by atoms with Crippen LogP contribution in [0.4, 0.5) is 5.13 Å². The smallest absolute Gasteiger partial charge is 0.230 e. The van der Waals surface area contributed by atoms with Crippen molar-refractivity contribution < 1.29 is 19.0 Å². The van der Waals surface area contributed by atoms with Gasteiger partial charge in [-0.3, -0.25) is 4.79 Å². The molecule has 0 unspecified atom stereocenters. The summed E-state index contributed by atoms with van der Waals surface area (Å²) in [5.74, 6) is 1.38. The predicted molar refractivity (Wildman–Crippen MR) is 115 cm³/mol. The number of thiazole rings is 1. The summed E-state index contributed by atoms with van der Waals surface area (Å²) in [6.07, 6.45) is 2.77. The Hall–Kier alpha value is -3.06. The summed E-state index contributed by atoms with van der Waals surface area (Å²) in [5, 5.41) is 3.46. The van der Waals surface area contributed by atoms with Crippen LogP contribution in [-0.4, -0.2) is 32.2 Å². The maximum atomic E-state index is 12.5. The molecule has 1 N–H and O–H groups in total. The van der Waals surface area contributed by atoms with Crippen molar-refractivity contribution in [2.75, 3.05) is 26.6 Å². The number of hydrogen-bond donors (Lipinski definition) is 1. The molecule has 1 heterocycles. The lowest BCUT2D eigenvalue weighted by Gasteiger charge is -2.13. The lowest BCUT2D eigenvalue weighted by molar-refractivity contribution is -0.115. The molecule has 0 aliphatic carbocycles. The van der Waals surface area contributed by atoms with Crippen LogP contribution in [0, 0.1) is 6.92 Å². The molecule has 0 aliphatic heterocycles. The van der Waals surface area contributed by atoms with Crippen LogP contribution in [0.5, 0.6) is 17.2 Å². The molecule has 0 radical (unpaired) electrons. The van der Waals surface area contributed by atoms with Gasteiger partial charge in [0.2, 0.25) is 11.7 Å². The highest BCUT2D eigenvalue weighted by atomic mass is 32.1. The first kappa shape index (κ1) is 20.7. The average molecular weight is 413 g/mol. The van der Waals surface area contributed by atoms with Crippen LogP contribution in [0.1, 0.15) is 21.6 Å². The third-order valence-corrected chi connectivity index (χ3v) is 5.26. The molecule has 0 saturated carbocycles. The maximum Gasteiger partial charge on any atom is 0.230 e. The maximum absolute atomic E-state index is 12.5. The van der Waals surface area contributed by atoms with Crippen LogP contribution in [-0.2, 0) is 17.6 Å². The van der Waals surface area contributed by atoms with E-state index >= 15 is 0 Å². The number of rotatable bonds is 8. The number of nitrogens with one attached hydrogen (secondary N) is 1. The first-order valence-electron chi connectivity index (χ1n) is 9.11. The second-order valence-corrected chi connectivity index (χ2v) is 7.67. The van der Waals surface area contributed by atoms with Crippen molar-refractivity contribution >= 4 is 22.4 Å². The Morgan fingerprint density at radius 1 is 1.03 bits per heavy atom. The van der Waals surface area contributed by atoms with Gasteiger partial charge in [0.05, 0.1) is 27.8 Å². The summed E-state index contributed by atoms with van der Waals surface area (Å²) in [5.41, 5.74) is 3.21. The van der Waals surface area contributed by atoms with E-state index in [9.17, 15) is 4.79 Å². The molecule has 7 heteroatoms. The van der Waals surface area contributed by atoms with E-state index in [0.29, 0.717) is 22.4 Å². The fourth-order valence-electron chi connectivity index (χ4n) is 3.06. The zero-order valence-corrected chi connectivity index (χ0v) is 17.8. The van der Waals surface area contributed by atoms with Gasteiger partial charge in [-0.15, -0.1) is 11.3 Å². The van der Waals surface area contributed by atoms with Gasteiger partial charge in [0.15, 0.2) is 16.6 Å². The van der Waals surface area contributed by atoms with Crippen molar-refractivity contribution in [3.8, 4) is 17.2 Å². The minimum atomic E-state index is -0.157. The van der Waals surface area contributed by atoms with Gasteiger partial charge in [-0.25, -0.2) is 4.98 Å². The van der Waals surface area contributed by atoms with E-state index in [1.807, 2.05) is 12.3 Å². The molecule has 1 aromatic heterocycles. The molecular formula is C22H24N2O4S. The first-order chi connectivity index (χ1) is 14.0. The number of anilines is 1. The molecule has 1 amide bonds. The molecule has 0 saturated heterocycles. The van der Waals surface area contributed by atoms with E-state index in [4.69, 9.17) is 14.2 Å². The molecule has 0 spiro atoms. The normalized spacial score (nSPS) is 10.5. The Morgan fingerprint density at radius 3 is 2.38 bits per heavy atom. The Labute approximate surface area is 174 Å². The standard InChI is InChI=1S/C22H24N2O4S/c1-14-6-5-7-15(8-14)9-17-13-23-22(29-17)24-20(25)12-16-10-18(26-2)21(28-4)19(11-16)27-3/h5-8,10-11,13H,9,12H2,1-4H3,(H,23,24,25). The molecular weight excluding hydrogens is 388 g/mol. The van der Waals surface area contributed by atoms with Gasteiger partial charge in [0.1, 0.15) is 0 Å². The van der Waals surface area contributed by atoms with Crippen molar-refractivity contribution in [2.45, 2.75) is 19.8 Å². The van der Waals surface area contributed by atoms with Gasteiger partial charge >= 0.3 is 0 Å². The molecule has 0 bridgehead atoms. The largest absolute Gasteiger partial charge is 0.493 e. The zero-order valence-electron chi connectivity index (χ0n) is 16.9. The van der Waals surface area contributed by atoms with E-state index in [-0.39, 0.29) is 12.3 Å². The van der Waals surface area contributed by atoms with Crippen LogP contribution >= 0.6 is 11.3 Å². The van der Waals surface area contributed by atoms with Crippen LogP contribution < -0.4 is 19.5 Å². The summed E-state index contributed by atoms with van der Waals surface area (Å²) in [7, 11) is 4.64. The SMILES string of the molecule is COc1cc(CC(=O)Nc2ncc(Cc3cccc(C)c3)s2)cc(OC)c1OC. The van der Waals surface area contributed by atoms with Gasteiger partial charge in [-0.1, -0.05) is 29.8 Å². The monoisotopic (exact) mass is 412 g/mol. The highest BCUT2D eigenvalue weighted by Gasteiger charge is 2.15. The minimum absolute atomic E-state index is 0.157. The summed E-state index contributed by atoms with van der Waals surface area (Å²) >= 11 is 1.48. The second kappa shape index (κ2) is 9.43. The number of carbonyl (C=O) groups excluding carboxylic acids is 1. The van der Waals surface area contributed by atoms with Gasteiger partial charge in [-0.2, -0.15) is 0 Å². The molecule has 152 valence electrons. The third-order valence-electron chi connectivity index (χ3n) is 4.35. The second-order valence-electron chi connectivity index (χ2n) is 6.56. The van der Waals surface area contributed by atoms with Gasteiger partial charge in [0, 0.05) is 17.5 Å².